The van der Waals surface area contributed by atoms with E-state index < -0.39 is 0 Å². The molecule has 0 fully saturated rings. The van der Waals surface area contributed by atoms with E-state index in [4.69, 9.17) is 16.3 Å². The minimum absolute atomic E-state index is 0.301. The number of allylic oxidation sites excluding steroid dienone is 2. The highest BCUT2D eigenvalue weighted by atomic mass is 35.5. The van der Waals surface area contributed by atoms with Crippen molar-refractivity contribution in [1.29, 1.82) is 0 Å². The molecule has 22 heavy (non-hydrogen) atoms. The van der Waals surface area contributed by atoms with Crippen molar-refractivity contribution in [3.05, 3.63) is 82.9 Å². The molecule has 0 unspecified atom stereocenters. The molecule has 2 aromatic rings. The van der Waals surface area contributed by atoms with Gasteiger partial charge < -0.3 is 4.74 Å². The molecule has 1 aliphatic heterocycles. The van der Waals surface area contributed by atoms with E-state index in [1.807, 2.05) is 54.6 Å². The van der Waals surface area contributed by atoms with Crippen LogP contribution in [-0.4, -0.2) is 11.7 Å². The molecule has 1 aliphatic rings. The number of carbonyl (C=O) groups is 1. The molecule has 0 bridgehead atoms. The lowest BCUT2D eigenvalue weighted by Gasteiger charge is -2.14. The Kier molecular flexibility index (Phi) is 4.66. The van der Waals surface area contributed by atoms with E-state index >= 15 is 0 Å². The SMILES string of the molecule is O=C(Oc1ccccc1)C1=CC=C(c2ccc(Cl)cc2)SC1. The van der Waals surface area contributed by atoms with Crippen molar-refractivity contribution in [2.24, 2.45) is 0 Å². The van der Waals surface area contributed by atoms with Crippen LogP contribution in [0.4, 0.5) is 0 Å². The zero-order chi connectivity index (χ0) is 15.4. The fourth-order valence-corrected chi connectivity index (χ4v) is 3.13. The zero-order valence-electron chi connectivity index (χ0n) is 11.7. The van der Waals surface area contributed by atoms with Crippen molar-refractivity contribution >= 4 is 34.2 Å². The molecule has 2 aromatic carbocycles. The molecule has 3 rings (SSSR count). The number of carbonyl (C=O) groups excluding carboxylic acids is 1. The normalized spacial score (nSPS) is 14.0. The Morgan fingerprint density at radius 1 is 1.00 bits per heavy atom. The number of esters is 1. The summed E-state index contributed by atoms with van der Waals surface area (Å²) in [5.74, 6) is 0.858. The molecule has 0 amide bonds. The van der Waals surface area contributed by atoms with Crippen LogP contribution in [0.2, 0.25) is 5.02 Å². The number of benzene rings is 2. The van der Waals surface area contributed by atoms with Crippen LogP contribution in [0.15, 0.2) is 72.3 Å². The summed E-state index contributed by atoms with van der Waals surface area (Å²) in [6.07, 6.45) is 3.77. The number of ether oxygens (including phenoxy) is 1. The van der Waals surface area contributed by atoms with Crippen LogP contribution in [0.1, 0.15) is 5.56 Å². The maximum absolute atomic E-state index is 12.1. The molecule has 2 nitrogen and oxygen atoms in total. The number of halogens is 1. The summed E-state index contributed by atoms with van der Waals surface area (Å²) in [5, 5.41) is 0.716. The first kappa shape index (κ1) is 14.9. The van der Waals surface area contributed by atoms with Gasteiger partial charge in [-0.2, -0.15) is 0 Å². The first-order valence-electron chi connectivity index (χ1n) is 6.79. The fraction of sp³-hybridized carbons (Fsp3) is 0.0556. The predicted octanol–water partition coefficient (Wildman–Crippen LogP) is 4.96. The molecule has 110 valence electrons. The van der Waals surface area contributed by atoms with E-state index in [-0.39, 0.29) is 5.97 Å². The van der Waals surface area contributed by atoms with E-state index in [2.05, 4.69) is 0 Å². The molecule has 4 heteroatoms. The van der Waals surface area contributed by atoms with Crippen LogP contribution in [0.5, 0.6) is 5.75 Å². The van der Waals surface area contributed by atoms with Crippen LogP contribution in [-0.2, 0) is 4.79 Å². The average Bonchev–Trinajstić information content (AvgIpc) is 2.57. The highest BCUT2D eigenvalue weighted by Crippen LogP contribution is 2.33. The van der Waals surface area contributed by atoms with Crippen molar-refractivity contribution in [3.8, 4) is 5.75 Å². The second-order valence-corrected chi connectivity index (χ2v) is 6.17. The number of para-hydroxylation sites is 1. The highest BCUT2D eigenvalue weighted by molar-refractivity contribution is 8.08. The van der Waals surface area contributed by atoms with Crippen molar-refractivity contribution in [2.75, 3.05) is 5.75 Å². The topological polar surface area (TPSA) is 26.3 Å². The maximum Gasteiger partial charge on any atom is 0.340 e. The van der Waals surface area contributed by atoms with E-state index in [9.17, 15) is 4.79 Å². The second-order valence-electron chi connectivity index (χ2n) is 4.72. The van der Waals surface area contributed by atoms with Gasteiger partial charge in [0.15, 0.2) is 0 Å². The van der Waals surface area contributed by atoms with Gasteiger partial charge in [-0.1, -0.05) is 41.9 Å². The van der Waals surface area contributed by atoms with Gasteiger partial charge in [0.2, 0.25) is 0 Å². The lowest BCUT2D eigenvalue weighted by atomic mass is 10.2. The molecule has 0 atom stereocenters. The Balaban J connectivity index is 1.72. The average molecular weight is 329 g/mol. The predicted molar refractivity (Wildman–Crippen MR) is 92.0 cm³/mol. The molecule has 0 radical (unpaired) electrons. The molecular weight excluding hydrogens is 316 g/mol. The highest BCUT2D eigenvalue weighted by Gasteiger charge is 2.16. The smallest absolute Gasteiger partial charge is 0.340 e. The molecule has 0 spiro atoms. The van der Waals surface area contributed by atoms with E-state index in [1.165, 1.54) is 0 Å². The molecule has 1 heterocycles. The Bertz CT molecular complexity index is 733. The van der Waals surface area contributed by atoms with Gasteiger partial charge in [0.25, 0.3) is 0 Å². The van der Waals surface area contributed by atoms with Gasteiger partial charge in [0, 0.05) is 21.3 Å². The van der Waals surface area contributed by atoms with Gasteiger partial charge in [0.1, 0.15) is 5.75 Å². The third kappa shape index (κ3) is 3.62. The number of hydrogen-bond acceptors (Lipinski definition) is 3. The summed E-state index contributed by atoms with van der Waals surface area (Å²) in [6.45, 7) is 0. The van der Waals surface area contributed by atoms with Crippen molar-refractivity contribution in [1.82, 2.24) is 0 Å². The Morgan fingerprint density at radius 3 is 2.36 bits per heavy atom. The summed E-state index contributed by atoms with van der Waals surface area (Å²) in [7, 11) is 0. The Labute approximate surface area is 138 Å². The third-order valence-electron chi connectivity index (χ3n) is 3.16. The summed E-state index contributed by atoms with van der Waals surface area (Å²) < 4.78 is 5.34. The standard InChI is InChI=1S/C18H13ClO2S/c19-15-9-6-13(7-10-15)17-11-8-14(12-22-17)18(20)21-16-4-2-1-3-5-16/h1-11H,12H2. The van der Waals surface area contributed by atoms with Crippen LogP contribution in [0, 0.1) is 0 Å². The van der Waals surface area contributed by atoms with Crippen molar-refractivity contribution in [3.63, 3.8) is 0 Å². The summed E-state index contributed by atoms with van der Waals surface area (Å²) in [5.41, 5.74) is 1.76. The molecule has 0 aliphatic carbocycles. The largest absolute Gasteiger partial charge is 0.423 e. The van der Waals surface area contributed by atoms with Gasteiger partial charge in [-0.3, -0.25) is 0 Å². The van der Waals surface area contributed by atoms with Crippen LogP contribution in [0.25, 0.3) is 4.91 Å². The summed E-state index contributed by atoms with van der Waals surface area (Å²) in [4.78, 5) is 13.2. The summed E-state index contributed by atoms with van der Waals surface area (Å²) >= 11 is 7.51. The van der Waals surface area contributed by atoms with Crippen molar-refractivity contribution < 1.29 is 9.53 Å². The summed E-state index contributed by atoms with van der Waals surface area (Å²) in [6, 6.07) is 16.8. The number of rotatable bonds is 3. The monoisotopic (exact) mass is 328 g/mol. The number of hydrogen-bond donors (Lipinski definition) is 0. The molecule has 0 N–H and O–H groups in total. The van der Waals surface area contributed by atoms with Gasteiger partial charge in [0.05, 0.1) is 0 Å². The first-order chi connectivity index (χ1) is 10.7. The van der Waals surface area contributed by atoms with Crippen molar-refractivity contribution in [2.45, 2.75) is 0 Å². The third-order valence-corrected chi connectivity index (χ3v) is 4.55. The van der Waals surface area contributed by atoms with Gasteiger partial charge in [-0.15, -0.1) is 11.8 Å². The van der Waals surface area contributed by atoms with Gasteiger partial charge in [-0.25, -0.2) is 4.79 Å². The van der Waals surface area contributed by atoms with Gasteiger partial charge >= 0.3 is 5.97 Å². The van der Waals surface area contributed by atoms with Gasteiger partial charge in [-0.05, 0) is 42.0 Å². The zero-order valence-corrected chi connectivity index (χ0v) is 13.2. The van der Waals surface area contributed by atoms with Crippen LogP contribution in [0.3, 0.4) is 0 Å². The molecule has 0 saturated carbocycles. The second kappa shape index (κ2) is 6.86. The van der Waals surface area contributed by atoms with E-state index in [0.717, 1.165) is 10.5 Å². The lowest BCUT2D eigenvalue weighted by molar-refractivity contribution is -0.130. The quantitative estimate of drug-likeness (QED) is 0.588. The lowest BCUT2D eigenvalue weighted by Crippen LogP contribution is -2.14. The van der Waals surface area contributed by atoms with Crippen LogP contribution < -0.4 is 4.74 Å². The fourth-order valence-electron chi connectivity index (χ4n) is 2.01. The molecule has 0 aromatic heterocycles. The minimum atomic E-state index is -0.301. The van der Waals surface area contributed by atoms with E-state index in [1.54, 1.807) is 23.9 Å². The Hall–Kier alpha value is -1.97. The Morgan fingerprint density at radius 2 is 1.73 bits per heavy atom. The van der Waals surface area contributed by atoms with E-state index in [0.29, 0.717) is 22.1 Å². The molecular formula is C18H13ClO2S. The van der Waals surface area contributed by atoms with Crippen LogP contribution >= 0.6 is 23.4 Å². The first-order valence-corrected chi connectivity index (χ1v) is 8.15. The maximum atomic E-state index is 12.1. The number of thioether (sulfide) groups is 1. The molecule has 0 saturated heterocycles. The minimum Gasteiger partial charge on any atom is -0.423 e.